The number of aromatic nitrogens is 3. The number of nitrogens with one attached hydrogen (secondary N) is 1. The van der Waals surface area contributed by atoms with Crippen LogP contribution in [0, 0.1) is 6.92 Å². The Bertz CT molecular complexity index is 1490. The van der Waals surface area contributed by atoms with E-state index in [2.05, 4.69) is 20.4 Å². The Morgan fingerprint density at radius 3 is 2.69 bits per heavy atom. The summed E-state index contributed by atoms with van der Waals surface area (Å²) < 4.78 is 45.7. The maximum absolute atomic E-state index is 13.5. The fraction of sp³-hybridized carbons (Fsp3) is 0.308. The normalized spacial score (nSPS) is 16.4. The number of carbonyl (C=O) groups excluding carboxylic acids is 1. The van der Waals surface area contributed by atoms with Gasteiger partial charge in [-0.05, 0) is 47.6 Å². The van der Waals surface area contributed by atoms with Gasteiger partial charge in [0, 0.05) is 49.3 Å². The Morgan fingerprint density at radius 2 is 1.97 bits per heavy atom. The number of amides is 1. The molecule has 6 rings (SSSR count). The molecule has 7 nitrogen and oxygen atoms in total. The number of halogens is 3. The number of carbonyl (C=O) groups is 1. The second kappa shape index (κ2) is 8.04. The molecular formula is C26H22F3N5O2. The van der Waals surface area contributed by atoms with Crippen LogP contribution in [-0.4, -0.2) is 45.2 Å². The van der Waals surface area contributed by atoms with Crippen molar-refractivity contribution in [2.45, 2.75) is 37.9 Å². The molecule has 0 spiro atoms. The van der Waals surface area contributed by atoms with Crippen molar-refractivity contribution in [3.05, 3.63) is 71.2 Å². The van der Waals surface area contributed by atoms with Gasteiger partial charge in [-0.25, -0.2) is 4.98 Å². The van der Waals surface area contributed by atoms with E-state index in [1.165, 1.54) is 12.1 Å². The molecule has 0 radical (unpaired) electrons. The van der Waals surface area contributed by atoms with Gasteiger partial charge < -0.3 is 14.7 Å². The fourth-order valence-corrected chi connectivity index (χ4v) is 4.87. The zero-order chi connectivity index (χ0) is 25.1. The molecule has 1 N–H and O–H groups in total. The SMILES string of the molecule is Cc1nc(-c2ccc3ccnc(NCCN4Cc5ccc(C6(C(F)(F)F)CC6)cc5C4=O)c3c2)no1. The molecule has 2 aromatic carbocycles. The lowest BCUT2D eigenvalue weighted by atomic mass is 9.92. The number of alkyl halides is 3. The zero-order valence-electron chi connectivity index (χ0n) is 19.4. The van der Waals surface area contributed by atoms with Crippen molar-refractivity contribution in [3.8, 4) is 11.4 Å². The van der Waals surface area contributed by atoms with Crippen LogP contribution < -0.4 is 5.32 Å². The average Bonchev–Trinajstić information content (AvgIpc) is 3.49. The third-order valence-electron chi connectivity index (χ3n) is 7.06. The Balaban J connectivity index is 1.17. The van der Waals surface area contributed by atoms with Gasteiger partial charge >= 0.3 is 6.18 Å². The Hall–Kier alpha value is -3.95. The molecule has 10 heteroatoms. The molecule has 0 unspecified atom stereocenters. The minimum atomic E-state index is -4.31. The van der Waals surface area contributed by atoms with Gasteiger partial charge in [0.05, 0.1) is 5.41 Å². The van der Waals surface area contributed by atoms with Crippen LogP contribution in [0.15, 0.2) is 53.2 Å². The van der Waals surface area contributed by atoms with Gasteiger partial charge in [-0.1, -0.05) is 29.4 Å². The van der Waals surface area contributed by atoms with Crippen molar-refractivity contribution in [2.24, 2.45) is 0 Å². The number of anilines is 1. The predicted molar refractivity (Wildman–Crippen MR) is 126 cm³/mol. The van der Waals surface area contributed by atoms with Crippen LogP contribution >= 0.6 is 0 Å². The molecule has 1 amide bonds. The largest absolute Gasteiger partial charge is 0.398 e. The fourth-order valence-electron chi connectivity index (χ4n) is 4.87. The summed E-state index contributed by atoms with van der Waals surface area (Å²) in [6.07, 6.45) is -2.46. The molecule has 1 saturated carbocycles. The van der Waals surface area contributed by atoms with Gasteiger partial charge in [0.15, 0.2) is 0 Å². The maximum atomic E-state index is 13.5. The van der Waals surface area contributed by atoms with E-state index in [1.807, 2.05) is 24.3 Å². The molecule has 4 aromatic rings. The van der Waals surface area contributed by atoms with Gasteiger partial charge in [-0.2, -0.15) is 18.2 Å². The third-order valence-corrected chi connectivity index (χ3v) is 7.06. The van der Waals surface area contributed by atoms with E-state index in [-0.39, 0.29) is 24.3 Å². The summed E-state index contributed by atoms with van der Waals surface area (Å²) in [5.41, 5.74) is 0.311. The highest BCUT2D eigenvalue weighted by atomic mass is 19.4. The number of fused-ring (bicyclic) bond motifs is 2. The predicted octanol–water partition coefficient (Wildman–Crippen LogP) is 5.26. The van der Waals surface area contributed by atoms with Crippen LogP contribution in [0.5, 0.6) is 0 Å². The molecule has 0 saturated heterocycles. The summed E-state index contributed by atoms with van der Waals surface area (Å²) >= 11 is 0. The van der Waals surface area contributed by atoms with E-state index in [1.54, 1.807) is 24.1 Å². The summed E-state index contributed by atoms with van der Waals surface area (Å²) in [7, 11) is 0. The molecule has 184 valence electrons. The smallest absolute Gasteiger partial charge is 0.368 e. The highest BCUT2D eigenvalue weighted by Gasteiger charge is 2.64. The van der Waals surface area contributed by atoms with E-state index in [4.69, 9.17) is 4.52 Å². The number of hydrogen-bond acceptors (Lipinski definition) is 6. The Kier molecular flexibility index (Phi) is 5.03. The second-order valence-electron chi connectivity index (χ2n) is 9.34. The summed E-state index contributed by atoms with van der Waals surface area (Å²) in [5.74, 6) is 1.38. The standard InChI is InChI=1S/C26H22F3N5O2/c1-15-32-22(33-36-15)17-3-2-16-6-9-30-23(20(16)12-17)31-10-11-34-14-18-4-5-19(13-21(18)24(34)35)25(7-8-25)26(27,28)29/h2-6,9,12-13H,7-8,10-11,14H2,1H3,(H,30,31). The zero-order valence-corrected chi connectivity index (χ0v) is 19.4. The van der Waals surface area contributed by atoms with Crippen LogP contribution in [0.2, 0.25) is 0 Å². The first-order valence-corrected chi connectivity index (χ1v) is 11.7. The van der Waals surface area contributed by atoms with E-state index in [9.17, 15) is 18.0 Å². The number of aryl methyl sites for hydroxylation is 1. The van der Waals surface area contributed by atoms with Crippen LogP contribution in [-0.2, 0) is 12.0 Å². The molecular weight excluding hydrogens is 471 g/mol. The summed E-state index contributed by atoms with van der Waals surface area (Å²) in [6, 6.07) is 12.3. The van der Waals surface area contributed by atoms with Gasteiger partial charge in [-0.3, -0.25) is 4.79 Å². The van der Waals surface area contributed by atoms with Gasteiger partial charge in [-0.15, -0.1) is 0 Å². The number of hydrogen-bond donors (Lipinski definition) is 1. The summed E-state index contributed by atoms with van der Waals surface area (Å²) in [4.78, 5) is 23.4. The second-order valence-corrected chi connectivity index (χ2v) is 9.34. The number of nitrogens with zero attached hydrogens (tertiary/aromatic N) is 4. The first kappa shape index (κ1) is 22.5. The van der Waals surface area contributed by atoms with Gasteiger partial charge in [0.1, 0.15) is 5.82 Å². The number of rotatable bonds is 6. The lowest BCUT2D eigenvalue weighted by Crippen LogP contribution is -2.30. The minimum absolute atomic E-state index is 0.0726. The molecule has 0 atom stereocenters. The number of benzene rings is 2. The van der Waals surface area contributed by atoms with E-state index < -0.39 is 11.6 Å². The van der Waals surface area contributed by atoms with Crippen LogP contribution in [0.1, 0.15) is 40.2 Å². The summed E-state index contributed by atoms with van der Waals surface area (Å²) in [5, 5.41) is 9.12. The minimum Gasteiger partial charge on any atom is -0.368 e. The van der Waals surface area contributed by atoms with Crippen molar-refractivity contribution in [2.75, 3.05) is 18.4 Å². The average molecular weight is 493 g/mol. The monoisotopic (exact) mass is 493 g/mol. The van der Waals surface area contributed by atoms with Crippen molar-refractivity contribution in [1.29, 1.82) is 0 Å². The van der Waals surface area contributed by atoms with Crippen molar-refractivity contribution >= 4 is 22.5 Å². The van der Waals surface area contributed by atoms with Crippen LogP contribution in [0.3, 0.4) is 0 Å². The topological polar surface area (TPSA) is 84.2 Å². The van der Waals surface area contributed by atoms with E-state index >= 15 is 0 Å². The van der Waals surface area contributed by atoms with Gasteiger partial charge in [0.25, 0.3) is 5.91 Å². The molecule has 0 bridgehead atoms. The molecule has 2 aliphatic rings. The van der Waals surface area contributed by atoms with Crippen molar-refractivity contribution in [1.82, 2.24) is 20.0 Å². The first-order valence-electron chi connectivity index (χ1n) is 11.7. The highest BCUT2D eigenvalue weighted by Crippen LogP contribution is 2.59. The lowest BCUT2D eigenvalue weighted by molar-refractivity contribution is -0.160. The molecule has 1 aliphatic carbocycles. The van der Waals surface area contributed by atoms with Crippen LogP contribution in [0.4, 0.5) is 19.0 Å². The van der Waals surface area contributed by atoms with Crippen molar-refractivity contribution in [3.63, 3.8) is 0 Å². The van der Waals surface area contributed by atoms with E-state index in [0.717, 1.165) is 21.9 Å². The molecule has 2 aromatic heterocycles. The Morgan fingerprint density at radius 1 is 1.14 bits per heavy atom. The van der Waals surface area contributed by atoms with Crippen molar-refractivity contribution < 1.29 is 22.5 Å². The number of pyridine rings is 1. The van der Waals surface area contributed by atoms with Gasteiger partial charge in [0.2, 0.25) is 11.7 Å². The molecule has 1 aliphatic heterocycles. The molecule has 36 heavy (non-hydrogen) atoms. The van der Waals surface area contributed by atoms with E-state index in [0.29, 0.717) is 42.7 Å². The molecule has 3 heterocycles. The molecule has 1 fully saturated rings. The van der Waals surface area contributed by atoms with Crippen LogP contribution in [0.25, 0.3) is 22.2 Å². The third kappa shape index (κ3) is 3.68. The lowest BCUT2D eigenvalue weighted by Gasteiger charge is -2.20. The summed E-state index contributed by atoms with van der Waals surface area (Å²) in [6.45, 7) is 2.91. The Labute approximate surface area is 204 Å². The first-order chi connectivity index (χ1) is 17.2. The highest BCUT2D eigenvalue weighted by molar-refractivity contribution is 5.98. The quantitative estimate of drug-likeness (QED) is 0.395. The maximum Gasteiger partial charge on any atom is 0.398 e.